The van der Waals surface area contributed by atoms with Crippen LogP contribution in [0.5, 0.6) is 11.6 Å². The molecule has 1 aliphatic rings. The summed E-state index contributed by atoms with van der Waals surface area (Å²) in [5.41, 5.74) is -0.468. The number of hydrogen-bond acceptors (Lipinski definition) is 6. The topological polar surface area (TPSA) is 77.0 Å². The number of anilines is 1. The maximum absolute atomic E-state index is 12.5. The highest BCUT2D eigenvalue weighted by molar-refractivity contribution is 7.15. The lowest BCUT2D eigenvalue weighted by Crippen LogP contribution is -2.11. The molecule has 4 rings (SSSR count). The second-order valence-corrected chi connectivity index (χ2v) is 7.19. The summed E-state index contributed by atoms with van der Waals surface area (Å²) < 4.78 is 43.0. The Morgan fingerprint density at radius 3 is 2.46 bits per heavy atom. The van der Waals surface area contributed by atoms with E-state index in [0.717, 1.165) is 30.0 Å². The standard InChI is InChI=1S/C18H13F3N4O2S/c19-18(20,21)12-5-8-14(22-9-12)27-13-6-3-10(4-7-13)15(26)23-17-25-24-16(28-17)11-1-2-11/h3-9,11H,1-2H2,(H,23,25,26). The average molecular weight is 406 g/mol. The van der Waals surface area contributed by atoms with Gasteiger partial charge in [0, 0.05) is 23.7 Å². The number of rotatable bonds is 5. The van der Waals surface area contributed by atoms with Crippen LogP contribution in [0, 0.1) is 0 Å². The molecule has 2 aromatic heterocycles. The summed E-state index contributed by atoms with van der Waals surface area (Å²) in [6.45, 7) is 0. The molecule has 0 radical (unpaired) electrons. The van der Waals surface area contributed by atoms with Gasteiger partial charge in [0.05, 0.1) is 5.56 Å². The van der Waals surface area contributed by atoms with E-state index in [4.69, 9.17) is 4.74 Å². The lowest BCUT2D eigenvalue weighted by Gasteiger charge is -2.08. The van der Waals surface area contributed by atoms with Gasteiger partial charge in [0.25, 0.3) is 5.91 Å². The summed E-state index contributed by atoms with van der Waals surface area (Å²) in [5, 5.41) is 12.1. The molecule has 0 unspecified atom stereocenters. The average Bonchev–Trinajstić information content (AvgIpc) is 3.41. The van der Waals surface area contributed by atoms with E-state index in [0.29, 0.717) is 28.6 Å². The van der Waals surface area contributed by atoms with Crippen LogP contribution in [0.2, 0.25) is 0 Å². The first-order valence-corrected chi connectivity index (χ1v) is 9.16. The van der Waals surface area contributed by atoms with Crippen LogP contribution in [-0.4, -0.2) is 21.1 Å². The fraction of sp³-hybridized carbons (Fsp3) is 0.222. The van der Waals surface area contributed by atoms with E-state index < -0.39 is 11.7 Å². The Hall–Kier alpha value is -3.01. The zero-order chi connectivity index (χ0) is 19.7. The molecular weight excluding hydrogens is 393 g/mol. The quantitative estimate of drug-likeness (QED) is 0.654. The van der Waals surface area contributed by atoms with Crippen LogP contribution in [-0.2, 0) is 6.18 Å². The van der Waals surface area contributed by atoms with Crippen molar-refractivity contribution >= 4 is 22.4 Å². The van der Waals surface area contributed by atoms with Gasteiger partial charge in [0.2, 0.25) is 11.0 Å². The Morgan fingerprint density at radius 1 is 1.11 bits per heavy atom. The first-order chi connectivity index (χ1) is 13.4. The minimum absolute atomic E-state index is 0.0201. The van der Waals surface area contributed by atoms with Crippen molar-refractivity contribution in [2.45, 2.75) is 24.9 Å². The van der Waals surface area contributed by atoms with Gasteiger partial charge in [-0.3, -0.25) is 10.1 Å². The fourth-order valence-corrected chi connectivity index (χ4v) is 3.26. The lowest BCUT2D eigenvalue weighted by atomic mass is 10.2. The van der Waals surface area contributed by atoms with Gasteiger partial charge in [-0.15, -0.1) is 10.2 Å². The Labute approximate surface area is 161 Å². The highest BCUT2D eigenvalue weighted by Gasteiger charge is 2.30. The monoisotopic (exact) mass is 406 g/mol. The summed E-state index contributed by atoms with van der Waals surface area (Å²) in [4.78, 5) is 15.9. The second-order valence-electron chi connectivity index (χ2n) is 6.18. The molecule has 0 bridgehead atoms. The second kappa shape index (κ2) is 7.19. The maximum atomic E-state index is 12.5. The van der Waals surface area contributed by atoms with Crippen LogP contribution in [0.25, 0.3) is 0 Å². The Morgan fingerprint density at radius 2 is 1.86 bits per heavy atom. The number of nitrogens with zero attached hydrogens (tertiary/aromatic N) is 3. The molecule has 1 saturated carbocycles. The summed E-state index contributed by atoms with van der Waals surface area (Å²) in [7, 11) is 0. The van der Waals surface area contributed by atoms with E-state index in [9.17, 15) is 18.0 Å². The predicted molar refractivity (Wildman–Crippen MR) is 95.6 cm³/mol. The number of carbonyl (C=O) groups is 1. The van der Waals surface area contributed by atoms with Crippen molar-refractivity contribution in [2.24, 2.45) is 0 Å². The minimum atomic E-state index is -4.45. The zero-order valence-corrected chi connectivity index (χ0v) is 15.0. The Balaban J connectivity index is 1.38. The number of amides is 1. The Bertz CT molecular complexity index is 983. The highest BCUT2D eigenvalue weighted by atomic mass is 32.1. The van der Waals surface area contributed by atoms with Gasteiger partial charge in [-0.25, -0.2) is 4.98 Å². The van der Waals surface area contributed by atoms with E-state index in [1.54, 1.807) is 0 Å². The molecule has 1 fully saturated rings. The van der Waals surface area contributed by atoms with E-state index in [2.05, 4.69) is 20.5 Å². The van der Waals surface area contributed by atoms with Crippen molar-refractivity contribution in [3.63, 3.8) is 0 Å². The fourth-order valence-electron chi connectivity index (χ4n) is 2.35. The Kier molecular flexibility index (Phi) is 4.71. The van der Waals surface area contributed by atoms with E-state index in [-0.39, 0.29) is 11.8 Å². The molecule has 0 saturated heterocycles. The van der Waals surface area contributed by atoms with Crippen LogP contribution >= 0.6 is 11.3 Å². The molecule has 1 amide bonds. The number of ether oxygens (including phenoxy) is 1. The first kappa shape index (κ1) is 18.4. The zero-order valence-electron chi connectivity index (χ0n) is 14.2. The number of aromatic nitrogens is 3. The molecule has 3 aromatic rings. The van der Waals surface area contributed by atoms with Gasteiger partial charge >= 0.3 is 6.18 Å². The lowest BCUT2D eigenvalue weighted by molar-refractivity contribution is -0.137. The number of pyridine rings is 1. The number of benzene rings is 1. The molecule has 144 valence electrons. The molecule has 0 aliphatic heterocycles. The number of halogens is 3. The molecule has 2 heterocycles. The molecule has 1 aromatic carbocycles. The van der Waals surface area contributed by atoms with Crippen molar-refractivity contribution in [3.8, 4) is 11.6 Å². The number of alkyl halides is 3. The molecule has 10 heteroatoms. The van der Waals surface area contributed by atoms with E-state index in [1.807, 2.05) is 0 Å². The van der Waals surface area contributed by atoms with Gasteiger partial charge in [0.1, 0.15) is 10.8 Å². The smallest absolute Gasteiger partial charge is 0.417 e. The van der Waals surface area contributed by atoms with Crippen molar-refractivity contribution in [1.29, 1.82) is 0 Å². The van der Waals surface area contributed by atoms with Gasteiger partial charge < -0.3 is 4.74 Å². The van der Waals surface area contributed by atoms with Gasteiger partial charge in [-0.1, -0.05) is 11.3 Å². The van der Waals surface area contributed by atoms with Crippen molar-refractivity contribution in [2.75, 3.05) is 5.32 Å². The summed E-state index contributed by atoms with van der Waals surface area (Å²) >= 11 is 1.37. The van der Waals surface area contributed by atoms with Crippen molar-refractivity contribution < 1.29 is 22.7 Å². The number of nitrogens with one attached hydrogen (secondary N) is 1. The van der Waals surface area contributed by atoms with Crippen LogP contribution < -0.4 is 10.1 Å². The number of hydrogen-bond donors (Lipinski definition) is 1. The van der Waals surface area contributed by atoms with Crippen molar-refractivity contribution in [3.05, 3.63) is 58.7 Å². The largest absolute Gasteiger partial charge is 0.439 e. The van der Waals surface area contributed by atoms with E-state index in [1.165, 1.54) is 35.6 Å². The van der Waals surface area contributed by atoms with Crippen LogP contribution in [0.3, 0.4) is 0 Å². The molecule has 1 N–H and O–H groups in total. The van der Waals surface area contributed by atoms with Crippen LogP contribution in [0.1, 0.15) is 39.7 Å². The maximum Gasteiger partial charge on any atom is 0.417 e. The number of carbonyl (C=O) groups excluding carboxylic acids is 1. The van der Waals surface area contributed by atoms with Gasteiger partial charge in [0.15, 0.2) is 0 Å². The summed E-state index contributed by atoms with van der Waals surface area (Å²) in [6, 6.07) is 8.17. The third kappa shape index (κ3) is 4.28. The molecular formula is C18H13F3N4O2S. The SMILES string of the molecule is O=C(Nc1nnc(C2CC2)s1)c1ccc(Oc2ccc(C(F)(F)F)cn2)cc1. The third-order valence-electron chi connectivity index (χ3n) is 3.99. The molecule has 28 heavy (non-hydrogen) atoms. The van der Waals surface area contributed by atoms with Crippen LogP contribution in [0.15, 0.2) is 42.6 Å². The molecule has 1 aliphatic carbocycles. The normalized spacial score (nSPS) is 14.0. The third-order valence-corrected chi connectivity index (χ3v) is 4.99. The summed E-state index contributed by atoms with van der Waals surface area (Å²) in [5.74, 6) is 0.499. The molecule has 6 nitrogen and oxygen atoms in total. The minimum Gasteiger partial charge on any atom is -0.439 e. The predicted octanol–water partition coefficient (Wildman–Crippen LogP) is 4.87. The van der Waals surface area contributed by atoms with Gasteiger partial charge in [-0.2, -0.15) is 13.2 Å². The molecule has 0 spiro atoms. The van der Waals surface area contributed by atoms with E-state index >= 15 is 0 Å². The molecule has 0 atom stereocenters. The highest BCUT2D eigenvalue weighted by Crippen LogP contribution is 2.42. The first-order valence-electron chi connectivity index (χ1n) is 8.34. The van der Waals surface area contributed by atoms with Crippen molar-refractivity contribution in [1.82, 2.24) is 15.2 Å². The summed E-state index contributed by atoms with van der Waals surface area (Å²) in [6.07, 6.45) is -1.53. The van der Waals surface area contributed by atoms with Gasteiger partial charge in [-0.05, 0) is 43.2 Å². The van der Waals surface area contributed by atoms with Crippen LogP contribution in [0.4, 0.5) is 18.3 Å².